The Morgan fingerprint density at radius 1 is 1.06 bits per heavy atom. The van der Waals surface area contributed by atoms with Crippen molar-refractivity contribution in [3.05, 3.63) is 94.7 Å². The molecule has 2 aromatic carbocycles. The van der Waals surface area contributed by atoms with Gasteiger partial charge in [0, 0.05) is 18.5 Å². The summed E-state index contributed by atoms with van der Waals surface area (Å²) in [6, 6.07) is 14.8. The Labute approximate surface area is 204 Å². The average molecular weight is 473 g/mol. The second-order valence-corrected chi connectivity index (χ2v) is 9.78. The van der Waals surface area contributed by atoms with Crippen molar-refractivity contribution >= 4 is 11.5 Å². The minimum atomic E-state index is -0.313. The summed E-state index contributed by atoms with van der Waals surface area (Å²) in [4.78, 5) is 23.1. The highest BCUT2D eigenvalue weighted by molar-refractivity contribution is 5.92. The molecule has 1 amide bonds. The Balaban J connectivity index is 1.36. The Bertz CT molecular complexity index is 1250. The predicted molar refractivity (Wildman–Crippen MR) is 132 cm³/mol. The molecule has 1 aliphatic carbocycles. The number of rotatable bonds is 6. The zero-order chi connectivity index (χ0) is 24.6. The summed E-state index contributed by atoms with van der Waals surface area (Å²) in [5.74, 6) is -0.251. The van der Waals surface area contributed by atoms with Crippen LogP contribution in [0.4, 0.5) is 4.39 Å². The monoisotopic (exact) mass is 472 g/mol. The molecule has 1 spiro atoms. The van der Waals surface area contributed by atoms with Gasteiger partial charge in [0.2, 0.25) is 5.88 Å². The number of amides is 1. The molecule has 2 fully saturated rings. The van der Waals surface area contributed by atoms with Gasteiger partial charge in [-0.1, -0.05) is 42.0 Å². The zero-order valence-corrected chi connectivity index (χ0v) is 20.2. The molecule has 5 rings (SSSR count). The van der Waals surface area contributed by atoms with Gasteiger partial charge in [-0.2, -0.15) is 0 Å². The number of nitrogens with one attached hydrogen (secondary N) is 1. The molecular weight excluding hydrogens is 443 g/mol. The summed E-state index contributed by atoms with van der Waals surface area (Å²) in [5.41, 5.74) is 6.36. The summed E-state index contributed by atoms with van der Waals surface area (Å²) >= 11 is 0. The van der Waals surface area contributed by atoms with Gasteiger partial charge >= 0.3 is 0 Å². The molecule has 3 aromatic rings. The molecule has 2 aliphatic rings. The van der Waals surface area contributed by atoms with Crippen LogP contribution >= 0.6 is 0 Å². The zero-order valence-electron chi connectivity index (χ0n) is 20.2. The van der Waals surface area contributed by atoms with E-state index in [1.54, 1.807) is 0 Å². The fourth-order valence-electron chi connectivity index (χ4n) is 5.39. The number of methoxy groups -OCH3 is 1. The number of carbonyl (C=O) groups excluding carboxylic acids is 1. The van der Waals surface area contributed by atoms with Crippen LogP contribution in [0.3, 0.4) is 0 Å². The highest BCUT2D eigenvalue weighted by Crippen LogP contribution is 2.54. The van der Waals surface area contributed by atoms with E-state index in [0.717, 1.165) is 42.6 Å². The maximum Gasteiger partial charge on any atom is 0.272 e. The molecule has 1 saturated heterocycles. The van der Waals surface area contributed by atoms with Gasteiger partial charge in [0.25, 0.3) is 5.91 Å². The fraction of sp³-hybridized carbons (Fsp3) is 0.321. The summed E-state index contributed by atoms with van der Waals surface area (Å²) in [5, 5.41) is 2.97. The van der Waals surface area contributed by atoms with Crippen LogP contribution in [0.1, 0.15) is 53.0 Å². The molecule has 2 heterocycles. The fourth-order valence-corrected chi connectivity index (χ4v) is 5.39. The van der Waals surface area contributed by atoms with Gasteiger partial charge in [-0.25, -0.2) is 9.37 Å². The van der Waals surface area contributed by atoms with E-state index in [0.29, 0.717) is 11.3 Å². The molecule has 35 heavy (non-hydrogen) atoms. The smallest absolute Gasteiger partial charge is 0.272 e. The van der Waals surface area contributed by atoms with Crippen molar-refractivity contribution in [2.45, 2.75) is 25.8 Å². The topological polar surface area (TPSA) is 67.3 Å². The molecule has 1 saturated carbocycles. The Morgan fingerprint density at radius 2 is 1.69 bits per heavy atom. The standard InChI is InChI=1S/C28H29FN4O2/c1-18(31-27(34)24-14-30-15-25(32-24)35-3)19-4-6-20(7-5-19)26(21-8-10-23(29)11-9-21)22-12-28(13-22)16-33(2)17-28/h4-11,14-15,18H,12-13,16-17H2,1-3H3,(H,31,34)/t18-/m1/s1. The van der Waals surface area contributed by atoms with Gasteiger partial charge in [-0.15, -0.1) is 0 Å². The van der Waals surface area contributed by atoms with Crippen molar-refractivity contribution in [1.82, 2.24) is 20.2 Å². The van der Waals surface area contributed by atoms with E-state index >= 15 is 0 Å². The molecule has 1 aliphatic heterocycles. The first kappa shape index (κ1) is 23.2. The SMILES string of the molecule is COc1cncc(C(=O)N[C@H](C)c2ccc(C(=C3CC4(C3)CN(C)C4)c3ccc(F)cc3)cc2)n1. The quantitative estimate of drug-likeness (QED) is 0.566. The molecule has 6 nitrogen and oxygen atoms in total. The highest BCUT2D eigenvalue weighted by atomic mass is 19.1. The lowest BCUT2D eigenvalue weighted by Crippen LogP contribution is -2.58. The van der Waals surface area contributed by atoms with Gasteiger partial charge in [-0.05, 0) is 61.2 Å². The molecular formula is C28H29FN4O2. The second kappa shape index (κ2) is 9.23. The number of benzene rings is 2. The van der Waals surface area contributed by atoms with Crippen molar-refractivity contribution in [2.24, 2.45) is 5.41 Å². The van der Waals surface area contributed by atoms with Crippen molar-refractivity contribution in [2.75, 3.05) is 27.2 Å². The summed E-state index contributed by atoms with van der Waals surface area (Å²) < 4.78 is 18.7. The third-order valence-electron chi connectivity index (χ3n) is 6.98. The first-order chi connectivity index (χ1) is 16.9. The number of carbonyl (C=O) groups is 1. The summed E-state index contributed by atoms with van der Waals surface area (Å²) in [6.45, 7) is 4.21. The van der Waals surface area contributed by atoms with E-state index in [4.69, 9.17) is 4.74 Å². The third kappa shape index (κ3) is 4.68. The van der Waals surface area contributed by atoms with Crippen LogP contribution in [-0.2, 0) is 0 Å². The number of nitrogens with zero attached hydrogens (tertiary/aromatic N) is 3. The van der Waals surface area contributed by atoms with Gasteiger partial charge in [0.05, 0.1) is 25.5 Å². The second-order valence-electron chi connectivity index (χ2n) is 9.78. The summed E-state index contributed by atoms with van der Waals surface area (Å²) in [6.07, 6.45) is 5.04. The Morgan fingerprint density at radius 3 is 2.29 bits per heavy atom. The highest BCUT2D eigenvalue weighted by Gasteiger charge is 2.49. The van der Waals surface area contributed by atoms with E-state index in [1.807, 2.05) is 31.2 Å². The third-order valence-corrected chi connectivity index (χ3v) is 6.98. The van der Waals surface area contributed by atoms with Crippen LogP contribution in [0.25, 0.3) is 5.57 Å². The molecule has 180 valence electrons. The molecule has 1 atom stereocenters. The van der Waals surface area contributed by atoms with Crippen LogP contribution in [0.2, 0.25) is 0 Å². The Hall–Kier alpha value is -3.58. The van der Waals surface area contributed by atoms with Crippen LogP contribution in [-0.4, -0.2) is 48.0 Å². The van der Waals surface area contributed by atoms with Crippen molar-refractivity contribution in [3.8, 4) is 5.88 Å². The van der Waals surface area contributed by atoms with Crippen molar-refractivity contribution < 1.29 is 13.9 Å². The average Bonchev–Trinajstić information content (AvgIpc) is 2.83. The van der Waals surface area contributed by atoms with E-state index < -0.39 is 0 Å². The van der Waals surface area contributed by atoms with Gasteiger partial charge in [0.1, 0.15) is 11.5 Å². The summed E-state index contributed by atoms with van der Waals surface area (Å²) in [7, 11) is 3.65. The number of likely N-dealkylation sites (tertiary alicyclic amines) is 1. The lowest BCUT2D eigenvalue weighted by Gasteiger charge is -2.56. The molecule has 0 radical (unpaired) electrons. The number of allylic oxidation sites excluding steroid dienone is 1. The number of hydrogen-bond acceptors (Lipinski definition) is 5. The van der Waals surface area contributed by atoms with Gasteiger partial charge in [-0.3, -0.25) is 9.78 Å². The molecule has 0 bridgehead atoms. The minimum absolute atomic E-state index is 0.205. The minimum Gasteiger partial charge on any atom is -0.480 e. The maximum atomic E-state index is 13.6. The maximum absolute atomic E-state index is 13.6. The van der Waals surface area contributed by atoms with Gasteiger partial charge < -0.3 is 15.0 Å². The molecule has 7 heteroatoms. The molecule has 1 aromatic heterocycles. The number of halogens is 1. The van der Waals surface area contributed by atoms with Crippen LogP contribution in [0.15, 0.2) is 66.5 Å². The van der Waals surface area contributed by atoms with Crippen molar-refractivity contribution in [1.29, 1.82) is 0 Å². The Kier molecular flexibility index (Phi) is 6.11. The predicted octanol–water partition coefficient (Wildman–Crippen LogP) is 4.64. The first-order valence-electron chi connectivity index (χ1n) is 11.8. The molecule has 1 N–H and O–H groups in total. The van der Waals surface area contributed by atoms with Crippen molar-refractivity contribution in [3.63, 3.8) is 0 Å². The lowest BCUT2D eigenvalue weighted by molar-refractivity contribution is -0.0106. The number of aromatic nitrogens is 2. The lowest BCUT2D eigenvalue weighted by atomic mass is 9.59. The van der Waals surface area contributed by atoms with E-state index in [1.165, 1.54) is 42.8 Å². The number of ether oxygens (including phenoxy) is 1. The van der Waals surface area contributed by atoms with Crippen LogP contribution in [0.5, 0.6) is 5.88 Å². The van der Waals surface area contributed by atoms with Crippen LogP contribution < -0.4 is 10.1 Å². The normalized spacial score (nSPS) is 17.3. The first-order valence-corrected chi connectivity index (χ1v) is 11.8. The molecule has 0 unspecified atom stereocenters. The number of hydrogen-bond donors (Lipinski definition) is 1. The van der Waals surface area contributed by atoms with E-state index in [9.17, 15) is 9.18 Å². The van der Waals surface area contributed by atoms with E-state index in [2.05, 4.69) is 39.4 Å². The van der Waals surface area contributed by atoms with Crippen LogP contribution in [0, 0.1) is 11.2 Å². The van der Waals surface area contributed by atoms with Gasteiger partial charge in [0.15, 0.2) is 0 Å². The van der Waals surface area contributed by atoms with E-state index in [-0.39, 0.29) is 23.5 Å². The largest absolute Gasteiger partial charge is 0.480 e.